The number of aromatic amines is 1. The number of rotatable bonds is 5. The van der Waals surface area contributed by atoms with E-state index in [0.717, 1.165) is 80.6 Å². The fraction of sp³-hybridized carbons (Fsp3) is 0.560. The molecule has 8 nitrogen and oxygen atoms in total. The quantitative estimate of drug-likeness (QED) is 0.645. The van der Waals surface area contributed by atoms with Gasteiger partial charge in [-0.3, -0.25) is 14.3 Å². The lowest BCUT2D eigenvalue weighted by molar-refractivity contribution is 0.0551. The van der Waals surface area contributed by atoms with E-state index in [1.54, 1.807) is 6.20 Å². The molecule has 2 aliphatic rings. The van der Waals surface area contributed by atoms with Crippen LogP contribution in [0.15, 0.2) is 23.1 Å². The van der Waals surface area contributed by atoms with E-state index in [9.17, 15) is 9.59 Å². The average molecular weight is 452 g/mol. The van der Waals surface area contributed by atoms with Gasteiger partial charge < -0.3 is 19.5 Å². The zero-order chi connectivity index (χ0) is 23.1. The van der Waals surface area contributed by atoms with Gasteiger partial charge in [0, 0.05) is 43.8 Å². The first-order valence-corrected chi connectivity index (χ1v) is 12.1. The molecule has 0 saturated carbocycles. The topological polar surface area (TPSA) is 83.5 Å². The first-order valence-electron chi connectivity index (χ1n) is 12.1. The number of carbonyl (C=O) groups excluding carboxylic acids is 1. The smallest absolute Gasteiger partial charge is 0.259 e. The number of hydrogen-bond donors (Lipinski definition) is 1. The molecule has 5 rings (SSSR count). The molecule has 176 valence electrons. The van der Waals surface area contributed by atoms with Gasteiger partial charge in [-0.05, 0) is 70.3 Å². The Kier molecular flexibility index (Phi) is 5.97. The molecule has 1 N–H and O–H groups in total. The molecule has 2 saturated heterocycles. The summed E-state index contributed by atoms with van der Waals surface area (Å²) in [5, 5.41) is 6.07. The van der Waals surface area contributed by atoms with Crippen molar-refractivity contribution in [3.05, 3.63) is 39.8 Å². The van der Waals surface area contributed by atoms with Crippen LogP contribution in [0.5, 0.6) is 0 Å². The number of aromatic nitrogens is 3. The van der Waals surface area contributed by atoms with E-state index < -0.39 is 0 Å². The van der Waals surface area contributed by atoms with Gasteiger partial charge in [0.05, 0.1) is 28.7 Å². The Labute approximate surface area is 193 Å². The molecule has 0 aliphatic carbocycles. The minimum absolute atomic E-state index is 0.0651. The molecule has 1 atom stereocenters. The second-order valence-electron chi connectivity index (χ2n) is 9.62. The SMILES string of the molecule is CCOCC1CCN(C(=O)c2cc3c(cc2C)[nH]c(=O)c2cnn(C4CCN(C)C4)c23)CC1. The lowest BCUT2D eigenvalue weighted by Gasteiger charge is -2.32. The molecule has 2 aliphatic heterocycles. The molecule has 33 heavy (non-hydrogen) atoms. The van der Waals surface area contributed by atoms with Crippen molar-refractivity contribution in [3.63, 3.8) is 0 Å². The van der Waals surface area contributed by atoms with Gasteiger partial charge in [-0.2, -0.15) is 5.10 Å². The van der Waals surface area contributed by atoms with Crippen LogP contribution in [0, 0.1) is 12.8 Å². The van der Waals surface area contributed by atoms with Crippen LogP contribution in [0.4, 0.5) is 0 Å². The highest BCUT2D eigenvalue weighted by molar-refractivity contribution is 6.07. The van der Waals surface area contributed by atoms with Crippen molar-refractivity contribution in [2.75, 3.05) is 46.4 Å². The Balaban J connectivity index is 1.51. The van der Waals surface area contributed by atoms with Crippen molar-refractivity contribution in [1.82, 2.24) is 24.6 Å². The number of fused-ring (bicyclic) bond motifs is 3. The van der Waals surface area contributed by atoms with Crippen LogP contribution in [0.1, 0.15) is 48.1 Å². The summed E-state index contributed by atoms with van der Waals surface area (Å²) in [4.78, 5) is 33.5. The fourth-order valence-corrected chi connectivity index (χ4v) is 5.37. The Morgan fingerprint density at radius 3 is 2.67 bits per heavy atom. The summed E-state index contributed by atoms with van der Waals surface area (Å²) >= 11 is 0. The number of benzene rings is 1. The maximum absolute atomic E-state index is 13.5. The number of amides is 1. The van der Waals surface area contributed by atoms with Crippen molar-refractivity contribution in [2.24, 2.45) is 5.92 Å². The Hall–Kier alpha value is -2.71. The van der Waals surface area contributed by atoms with Gasteiger partial charge in [0.25, 0.3) is 11.5 Å². The van der Waals surface area contributed by atoms with E-state index in [4.69, 9.17) is 4.74 Å². The lowest BCUT2D eigenvalue weighted by Crippen LogP contribution is -2.39. The van der Waals surface area contributed by atoms with Crippen LogP contribution >= 0.6 is 0 Å². The largest absolute Gasteiger partial charge is 0.381 e. The van der Waals surface area contributed by atoms with Gasteiger partial charge in [-0.1, -0.05) is 0 Å². The van der Waals surface area contributed by atoms with Crippen LogP contribution in [0.2, 0.25) is 0 Å². The predicted octanol–water partition coefficient (Wildman–Crippen LogP) is 2.95. The zero-order valence-corrected chi connectivity index (χ0v) is 19.8. The number of nitrogens with one attached hydrogen (secondary N) is 1. The van der Waals surface area contributed by atoms with E-state index in [1.807, 2.05) is 35.6 Å². The monoisotopic (exact) mass is 451 g/mol. The summed E-state index contributed by atoms with van der Waals surface area (Å²) in [5.41, 5.74) is 3.04. The fourth-order valence-electron chi connectivity index (χ4n) is 5.37. The Morgan fingerprint density at radius 1 is 1.18 bits per heavy atom. The van der Waals surface area contributed by atoms with Gasteiger partial charge in [-0.15, -0.1) is 0 Å². The molecular weight excluding hydrogens is 418 g/mol. The number of likely N-dealkylation sites (N-methyl/N-ethyl adjacent to an activating group) is 1. The highest BCUT2D eigenvalue weighted by Crippen LogP contribution is 2.30. The van der Waals surface area contributed by atoms with Crippen LogP contribution in [0.3, 0.4) is 0 Å². The number of ether oxygens (including phenoxy) is 1. The molecule has 8 heteroatoms. The summed E-state index contributed by atoms with van der Waals surface area (Å²) in [6.07, 6.45) is 4.60. The summed E-state index contributed by atoms with van der Waals surface area (Å²) in [6, 6.07) is 4.12. The van der Waals surface area contributed by atoms with Gasteiger partial charge in [0.1, 0.15) is 0 Å². The number of piperidine rings is 1. The molecule has 2 aromatic heterocycles. The molecule has 4 heterocycles. The number of pyridine rings is 1. The summed E-state index contributed by atoms with van der Waals surface area (Å²) in [7, 11) is 2.11. The number of H-pyrrole nitrogens is 1. The number of hydrogen-bond acceptors (Lipinski definition) is 5. The number of aryl methyl sites for hydroxylation is 1. The van der Waals surface area contributed by atoms with Crippen molar-refractivity contribution in [1.29, 1.82) is 0 Å². The lowest BCUT2D eigenvalue weighted by atomic mass is 9.96. The molecule has 0 spiro atoms. The van der Waals surface area contributed by atoms with E-state index in [0.29, 0.717) is 16.9 Å². The molecule has 1 unspecified atom stereocenters. The van der Waals surface area contributed by atoms with E-state index in [-0.39, 0.29) is 17.5 Å². The second-order valence-corrected chi connectivity index (χ2v) is 9.62. The number of likely N-dealkylation sites (tertiary alicyclic amines) is 2. The van der Waals surface area contributed by atoms with Gasteiger partial charge in [0.2, 0.25) is 0 Å². The molecule has 0 radical (unpaired) electrons. The number of nitrogens with zero attached hydrogens (tertiary/aromatic N) is 4. The summed E-state index contributed by atoms with van der Waals surface area (Å²) in [5.74, 6) is 0.588. The molecule has 1 aromatic carbocycles. The standard InChI is InChI=1S/C25H33N5O3/c1-4-33-15-17-5-9-29(10-6-17)25(32)19-12-20-22(11-16(19)2)27-24(31)21-13-26-30(23(20)21)18-7-8-28(3)14-18/h11-13,17-18H,4-10,14-15H2,1-3H3,(H,27,31). The van der Waals surface area contributed by atoms with Crippen LogP contribution < -0.4 is 5.56 Å². The van der Waals surface area contributed by atoms with Gasteiger partial charge >= 0.3 is 0 Å². The van der Waals surface area contributed by atoms with Gasteiger partial charge in [0.15, 0.2) is 0 Å². The second kappa shape index (κ2) is 8.91. The Morgan fingerprint density at radius 2 is 1.97 bits per heavy atom. The van der Waals surface area contributed by atoms with Crippen LogP contribution in [0.25, 0.3) is 21.8 Å². The third-order valence-electron chi connectivity index (χ3n) is 7.31. The highest BCUT2D eigenvalue weighted by Gasteiger charge is 2.27. The molecule has 3 aromatic rings. The first-order chi connectivity index (χ1) is 16.0. The summed E-state index contributed by atoms with van der Waals surface area (Å²) in [6.45, 7) is 8.89. The van der Waals surface area contributed by atoms with Crippen LogP contribution in [-0.4, -0.2) is 76.9 Å². The van der Waals surface area contributed by atoms with E-state index in [2.05, 4.69) is 22.0 Å². The minimum atomic E-state index is -0.134. The van der Waals surface area contributed by atoms with Crippen molar-refractivity contribution in [2.45, 2.75) is 39.2 Å². The first kappa shape index (κ1) is 22.1. The maximum Gasteiger partial charge on any atom is 0.259 e. The summed E-state index contributed by atoms with van der Waals surface area (Å²) < 4.78 is 7.58. The number of carbonyl (C=O) groups is 1. The maximum atomic E-state index is 13.5. The predicted molar refractivity (Wildman–Crippen MR) is 129 cm³/mol. The van der Waals surface area contributed by atoms with Crippen LogP contribution in [-0.2, 0) is 4.74 Å². The van der Waals surface area contributed by atoms with Crippen molar-refractivity contribution in [3.8, 4) is 0 Å². The Bertz CT molecular complexity index is 1240. The van der Waals surface area contributed by atoms with E-state index >= 15 is 0 Å². The molecule has 1 amide bonds. The zero-order valence-electron chi connectivity index (χ0n) is 19.8. The van der Waals surface area contributed by atoms with Crippen molar-refractivity contribution >= 4 is 27.7 Å². The highest BCUT2D eigenvalue weighted by atomic mass is 16.5. The molecule has 0 bridgehead atoms. The minimum Gasteiger partial charge on any atom is -0.381 e. The average Bonchev–Trinajstić information content (AvgIpc) is 3.44. The van der Waals surface area contributed by atoms with E-state index in [1.165, 1.54) is 0 Å². The van der Waals surface area contributed by atoms with Gasteiger partial charge in [-0.25, -0.2) is 0 Å². The molecule has 2 fully saturated rings. The third-order valence-corrected chi connectivity index (χ3v) is 7.31. The van der Waals surface area contributed by atoms with Crippen molar-refractivity contribution < 1.29 is 9.53 Å². The normalized spacial score (nSPS) is 20.3. The third kappa shape index (κ3) is 4.06. The molecular formula is C25H33N5O3.